The van der Waals surface area contributed by atoms with Gasteiger partial charge in [-0.05, 0) is 42.5 Å². The van der Waals surface area contributed by atoms with Gasteiger partial charge in [0, 0.05) is 18.8 Å². The molecule has 0 aliphatic carbocycles. The molecule has 0 aliphatic heterocycles. The fraction of sp³-hybridized carbons (Fsp3) is 0.0909. The summed E-state index contributed by atoms with van der Waals surface area (Å²) >= 11 is 0. The summed E-state index contributed by atoms with van der Waals surface area (Å²) in [6.45, 7) is 0.549. The summed E-state index contributed by atoms with van der Waals surface area (Å²) in [5, 5.41) is 5.10. The third-order valence-corrected chi connectivity index (χ3v) is 4.08. The number of ketones is 1. The number of halogens is 2. The van der Waals surface area contributed by atoms with E-state index >= 15 is 0 Å². The molecule has 31 heavy (non-hydrogen) atoms. The van der Waals surface area contributed by atoms with Gasteiger partial charge in [-0.25, -0.2) is 18.6 Å². The van der Waals surface area contributed by atoms with Crippen LogP contribution in [0.2, 0.25) is 0 Å². The molecule has 9 heteroatoms. The number of esters is 1. The monoisotopic (exact) mass is 425 g/mol. The summed E-state index contributed by atoms with van der Waals surface area (Å²) in [4.78, 5) is 39.8. The molecule has 0 aliphatic rings. The summed E-state index contributed by atoms with van der Waals surface area (Å²) in [5.74, 6) is -3.42. The molecule has 1 heterocycles. The number of nitrogens with one attached hydrogen (secondary N) is 2. The Hall–Kier alpha value is -4.14. The maximum absolute atomic E-state index is 14.2. The second-order valence-corrected chi connectivity index (χ2v) is 6.38. The number of carbonyl (C=O) groups excluding carboxylic acids is 3. The highest BCUT2D eigenvalue weighted by Gasteiger charge is 2.19. The maximum Gasteiger partial charge on any atom is 0.342 e. The van der Waals surface area contributed by atoms with Crippen LogP contribution in [0.5, 0.6) is 0 Å². The van der Waals surface area contributed by atoms with Crippen LogP contribution in [0.3, 0.4) is 0 Å². The Labute approximate surface area is 176 Å². The summed E-state index contributed by atoms with van der Waals surface area (Å²) in [5.41, 5.74) is -0.0248. The Morgan fingerprint density at radius 1 is 0.968 bits per heavy atom. The number of hydrogen-bond donors (Lipinski definition) is 2. The SMILES string of the molecule is CC(=O)Nc1ccc(C(=O)COC(=O)c2cccnc2Nc2ccccc2F)c(F)c1. The molecule has 0 fully saturated rings. The van der Waals surface area contributed by atoms with Crippen LogP contribution >= 0.6 is 0 Å². The number of pyridine rings is 1. The molecular weight excluding hydrogens is 408 g/mol. The van der Waals surface area contributed by atoms with Crippen molar-refractivity contribution < 1.29 is 27.9 Å². The van der Waals surface area contributed by atoms with E-state index in [9.17, 15) is 23.2 Å². The minimum Gasteiger partial charge on any atom is -0.454 e. The second-order valence-electron chi connectivity index (χ2n) is 6.38. The number of ether oxygens (including phenoxy) is 1. The van der Waals surface area contributed by atoms with Crippen LogP contribution in [0.1, 0.15) is 27.6 Å². The van der Waals surface area contributed by atoms with Gasteiger partial charge in [-0.15, -0.1) is 0 Å². The minimum absolute atomic E-state index is 0.0277. The normalized spacial score (nSPS) is 10.3. The molecule has 158 valence electrons. The average Bonchev–Trinajstić information content (AvgIpc) is 2.73. The van der Waals surface area contributed by atoms with E-state index in [1.54, 1.807) is 6.07 Å². The lowest BCUT2D eigenvalue weighted by Crippen LogP contribution is -2.17. The van der Waals surface area contributed by atoms with Crippen molar-refractivity contribution in [2.24, 2.45) is 0 Å². The van der Waals surface area contributed by atoms with Crippen molar-refractivity contribution in [3.63, 3.8) is 0 Å². The quantitative estimate of drug-likeness (QED) is 0.437. The fourth-order valence-corrected chi connectivity index (χ4v) is 2.67. The molecule has 3 rings (SSSR count). The number of Topliss-reactive ketones (excluding diaryl/α,β-unsaturated/α-hetero) is 1. The lowest BCUT2D eigenvalue weighted by atomic mass is 10.1. The van der Waals surface area contributed by atoms with Gasteiger partial charge >= 0.3 is 5.97 Å². The molecule has 0 saturated heterocycles. The van der Waals surface area contributed by atoms with Gasteiger partial charge in [-0.2, -0.15) is 0 Å². The van der Waals surface area contributed by atoms with E-state index in [4.69, 9.17) is 4.74 Å². The zero-order valence-corrected chi connectivity index (χ0v) is 16.3. The van der Waals surface area contributed by atoms with Gasteiger partial charge in [0.15, 0.2) is 6.61 Å². The van der Waals surface area contributed by atoms with E-state index in [0.717, 1.165) is 6.07 Å². The molecule has 1 amide bonds. The Balaban J connectivity index is 1.69. The predicted octanol–water partition coefficient (Wildman–Crippen LogP) is 4.10. The van der Waals surface area contributed by atoms with E-state index in [-0.39, 0.29) is 34.2 Å². The third kappa shape index (κ3) is 5.47. The lowest BCUT2D eigenvalue weighted by Gasteiger charge is -2.11. The first-order chi connectivity index (χ1) is 14.8. The molecule has 2 aromatic carbocycles. The van der Waals surface area contributed by atoms with Crippen LogP contribution in [-0.4, -0.2) is 29.3 Å². The summed E-state index contributed by atoms with van der Waals surface area (Å²) in [7, 11) is 0. The van der Waals surface area contributed by atoms with Gasteiger partial charge in [0.05, 0.1) is 11.3 Å². The molecule has 7 nitrogen and oxygen atoms in total. The highest BCUT2D eigenvalue weighted by atomic mass is 19.1. The molecule has 0 bridgehead atoms. The van der Waals surface area contributed by atoms with Gasteiger partial charge in [-0.3, -0.25) is 9.59 Å². The van der Waals surface area contributed by atoms with Gasteiger partial charge in [0.1, 0.15) is 23.0 Å². The molecule has 0 spiro atoms. The van der Waals surface area contributed by atoms with Crippen LogP contribution < -0.4 is 10.6 Å². The van der Waals surface area contributed by atoms with E-state index < -0.39 is 30.0 Å². The maximum atomic E-state index is 14.2. The van der Waals surface area contributed by atoms with Gasteiger partial charge in [0.2, 0.25) is 11.7 Å². The molecule has 0 radical (unpaired) electrons. The largest absolute Gasteiger partial charge is 0.454 e. The highest BCUT2D eigenvalue weighted by molar-refractivity contribution is 6.01. The molecule has 0 unspecified atom stereocenters. The van der Waals surface area contributed by atoms with Gasteiger partial charge in [-0.1, -0.05) is 12.1 Å². The van der Waals surface area contributed by atoms with E-state index in [0.29, 0.717) is 0 Å². The van der Waals surface area contributed by atoms with E-state index in [1.807, 2.05) is 0 Å². The van der Waals surface area contributed by atoms with Crippen molar-refractivity contribution in [3.8, 4) is 0 Å². The summed E-state index contributed by atoms with van der Waals surface area (Å²) in [6.07, 6.45) is 1.40. The lowest BCUT2D eigenvalue weighted by molar-refractivity contribution is -0.114. The first kappa shape index (κ1) is 21.6. The molecule has 0 saturated carbocycles. The number of nitrogens with zero attached hydrogens (tertiary/aromatic N) is 1. The van der Waals surface area contributed by atoms with Crippen molar-refractivity contribution in [3.05, 3.63) is 83.6 Å². The zero-order chi connectivity index (χ0) is 22.4. The Bertz CT molecular complexity index is 1150. The Morgan fingerprint density at radius 2 is 1.74 bits per heavy atom. The van der Waals surface area contributed by atoms with Crippen molar-refractivity contribution >= 4 is 34.9 Å². The summed E-state index contributed by atoms with van der Waals surface area (Å²) in [6, 6.07) is 12.2. The molecule has 1 aromatic heterocycles. The number of para-hydroxylation sites is 1. The molecule has 2 N–H and O–H groups in total. The van der Waals surface area contributed by atoms with Crippen molar-refractivity contribution in [2.75, 3.05) is 17.2 Å². The van der Waals surface area contributed by atoms with Crippen LogP contribution in [0.15, 0.2) is 60.8 Å². The minimum atomic E-state index is -0.893. The van der Waals surface area contributed by atoms with Gasteiger partial charge < -0.3 is 15.4 Å². The van der Waals surface area contributed by atoms with E-state index in [2.05, 4.69) is 15.6 Å². The van der Waals surface area contributed by atoms with Crippen molar-refractivity contribution in [2.45, 2.75) is 6.92 Å². The van der Waals surface area contributed by atoms with Crippen molar-refractivity contribution in [1.82, 2.24) is 4.98 Å². The first-order valence-electron chi connectivity index (χ1n) is 9.09. The molecule has 3 aromatic rings. The second kappa shape index (κ2) is 9.57. The van der Waals surface area contributed by atoms with Crippen molar-refractivity contribution in [1.29, 1.82) is 0 Å². The van der Waals surface area contributed by atoms with Crippen LogP contribution in [0.25, 0.3) is 0 Å². The first-order valence-corrected chi connectivity index (χ1v) is 9.09. The number of aromatic nitrogens is 1. The summed E-state index contributed by atoms with van der Waals surface area (Å²) < 4.78 is 33.1. The van der Waals surface area contributed by atoms with Crippen LogP contribution in [-0.2, 0) is 9.53 Å². The standard InChI is InChI=1S/C22H17F2N3O4/c1-13(28)26-14-8-9-15(18(24)11-14)20(29)12-31-22(30)16-5-4-10-25-21(16)27-19-7-3-2-6-17(19)23/h2-11H,12H2,1H3,(H,25,27)(H,26,28). The number of amides is 1. The Morgan fingerprint density at radius 3 is 2.45 bits per heavy atom. The number of rotatable bonds is 7. The smallest absolute Gasteiger partial charge is 0.342 e. The fourth-order valence-electron chi connectivity index (χ4n) is 2.67. The number of benzene rings is 2. The van der Waals surface area contributed by atoms with E-state index in [1.165, 1.54) is 55.6 Å². The zero-order valence-electron chi connectivity index (χ0n) is 16.3. The molecular formula is C22H17F2N3O4. The van der Waals surface area contributed by atoms with Crippen LogP contribution in [0.4, 0.5) is 26.0 Å². The highest BCUT2D eigenvalue weighted by Crippen LogP contribution is 2.22. The number of anilines is 3. The molecule has 0 atom stereocenters. The predicted molar refractivity (Wildman–Crippen MR) is 109 cm³/mol. The number of hydrogen-bond acceptors (Lipinski definition) is 6. The van der Waals surface area contributed by atoms with Crippen LogP contribution in [0, 0.1) is 11.6 Å². The number of carbonyl (C=O) groups is 3. The third-order valence-electron chi connectivity index (χ3n) is 4.08. The van der Waals surface area contributed by atoms with Gasteiger partial charge in [0.25, 0.3) is 0 Å². The average molecular weight is 425 g/mol. The topological polar surface area (TPSA) is 97.4 Å². The Kier molecular flexibility index (Phi) is 6.66.